The fourth-order valence-electron chi connectivity index (χ4n) is 6.46. The van der Waals surface area contributed by atoms with Crippen molar-refractivity contribution in [2.24, 2.45) is 0 Å². The lowest BCUT2D eigenvalue weighted by Gasteiger charge is -2.30. The fourth-order valence-corrected chi connectivity index (χ4v) is 6.46. The molecule has 3 aromatic heterocycles. The smallest absolute Gasteiger partial charge is 0.319 e. The van der Waals surface area contributed by atoms with Crippen LogP contribution >= 0.6 is 0 Å². The van der Waals surface area contributed by atoms with Crippen LogP contribution in [0.4, 0.5) is 24.8 Å². The van der Waals surface area contributed by atoms with Crippen molar-refractivity contribution in [3.63, 3.8) is 0 Å². The maximum atomic E-state index is 16.5. The number of anilines is 2. The highest BCUT2D eigenvalue weighted by Crippen LogP contribution is 2.41. The maximum absolute atomic E-state index is 16.5. The molecule has 12 heteroatoms. The van der Waals surface area contributed by atoms with Gasteiger partial charge in [-0.3, -0.25) is 9.88 Å². The van der Waals surface area contributed by atoms with E-state index in [1.807, 2.05) is 0 Å². The molecule has 2 aromatic carbocycles. The Morgan fingerprint density at radius 3 is 2.90 bits per heavy atom. The molecule has 2 aliphatic heterocycles. The van der Waals surface area contributed by atoms with Gasteiger partial charge in [-0.2, -0.15) is 9.97 Å². The molecule has 42 heavy (non-hydrogen) atoms. The van der Waals surface area contributed by atoms with Gasteiger partial charge in [0.1, 0.15) is 47.6 Å². The summed E-state index contributed by atoms with van der Waals surface area (Å²) in [6.45, 7) is 3.11. The van der Waals surface area contributed by atoms with Crippen molar-refractivity contribution in [3.8, 4) is 23.0 Å². The predicted molar refractivity (Wildman–Crippen MR) is 150 cm³/mol. The number of aromatic hydroxyl groups is 1. The first-order valence-corrected chi connectivity index (χ1v) is 13.9. The van der Waals surface area contributed by atoms with Crippen molar-refractivity contribution in [1.29, 1.82) is 0 Å². The summed E-state index contributed by atoms with van der Waals surface area (Å²) in [4.78, 5) is 15.4. The summed E-state index contributed by atoms with van der Waals surface area (Å²) >= 11 is 0. The number of pyridine rings is 1. The predicted octanol–water partition coefficient (Wildman–Crippen LogP) is 6.08. The lowest BCUT2D eigenvalue weighted by Crippen LogP contribution is -2.43. The van der Waals surface area contributed by atoms with Crippen LogP contribution in [0.1, 0.15) is 31.7 Å². The van der Waals surface area contributed by atoms with Crippen molar-refractivity contribution in [1.82, 2.24) is 25.0 Å². The van der Waals surface area contributed by atoms with Crippen LogP contribution in [-0.2, 0) is 6.42 Å². The van der Waals surface area contributed by atoms with Crippen LogP contribution in [0.2, 0.25) is 0 Å². The molecule has 0 saturated carbocycles. The van der Waals surface area contributed by atoms with Crippen molar-refractivity contribution >= 4 is 33.3 Å². The number of alkyl halides is 1. The second-order valence-corrected chi connectivity index (χ2v) is 10.9. The summed E-state index contributed by atoms with van der Waals surface area (Å²) < 4.78 is 56.6. The van der Waals surface area contributed by atoms with Gasteiger partial charge < -0.3 is 19.7 Å². The van der Waals surface area contributed by atoms with Crippen LogP contribution in [0, 0.1) is 11.6 Å². The Balaban J connectivity index is 1.37. The molecule has 0 aliphatic carbocycles. The molecule has 2 aliphatic rings. The van der Waals surface area contributed by atoms with E-state index in [2.05, 4.69) is 30.3 Å². The third-order valence-electron chi connectivity index (χ3n) is 8.34. The van der Waals surface area contributed by atoms with Gasteiger partial charge in [-0.05, 0) is 60.3 Å². The van der Waals surface area contributed by atoms with E-state index < -0.39 is 23.3 Å². The number of fused-ring (bicyclic) bond motifs is 3. The minimum Gasteiger partial charge on any atom is -0.508 e. The molecule has 0 unspecified atom stereocenters. The zero-order chi connectivity index (χ0) is 29.0. The number of phenolic OH excluding ortho intramolecular Hbond substituents is 1. The van der Waals surface area contributed by atoms with Gasteiger partial charge in [0.15, 0.2) is 11.6 Å². The Morgan fingerprint density at radius 1 is 1.21 bits per heavy atom. The van der Waals surface area contributed by atoms with E-state index in [0.717, 1.165) is 19.4 Å². The monoisotopic (exact) mass is 576 g/mol. The highest BCUT2D eigenvalue weighted by molar-refractivity contribution is 6.01. The van der Waals surface area contributed by atoms with E-state index in [9.17, 15) is 13.9 Å². The second-order valence-electron chi connectivity index (χ2n) is 10.9. The molecule has 2 saturated heterocycles. The number of nitrogens with one attached hydrogen (secondary N) is 1. The first-order valence-electron chi connectivity index (χ1n) is 13.9. The van der Waals surface area contributed by atoms with E-state index in [1.54, 1.807) is 13.0 Å². The molecule has 2 N–H and O–H groups in total. The van der Waals surface area contributed by atoms with Crippen molar-refractivity contribution in [3.05, 3.63) is 60.0 Å². The van der Waals surface area contributed by atoms with Gasteiger partial charge in [-0.1, -0.05) is 18.1 Å². The van der Waals surface area contributed by atoms with Crippen LogP contribution in [-0.4, -0.2) is 61.5 Å². The number of nitrogens with zero attached hydrogens (tertiary/aromatic N) is 5. The number of aromatic nitrogens is 4. The zero-order valence-electron chi connectivity index (χ0n) is 22.7. The van der Waals surface area contributed by atoms with Crippen LogP contribution in [0.25, 0.3) is 32.9 Å². The summed E-state index contributed by atoms with van der Waals surface area (Å²) in [5.74, 6) is -0.845. The summed E-state index contributed by atoms with van der Waals surface area (Å²) in [6, 6.07) is 7.20. The number of aryl methyl sites for hydroxylation is 1. The van der Waals surface area contributed by atoms with E-state index >= 15 is 4.39 Å². The molecule has 5 aromatic rings. The Labute approximate surface area is 238 Å². The largest absolute Gasteiger partial charge is 0.508 e. The Kier molecular flexibility index (Phi) is 6.37. The Morgan fingerprint density at radius 2 is 2.10 bits per heavy atom. The lowest BCUT2D eigenvalue weighted by molar-refractivity contribution is 0.107. The minimum atomic E-state index is -0.933. The molecule has 216 valence electrons. The Hall–Kier alpha value is -4.45. The molecule has 0 amide bonds. The summed E-state index contributed by atoms with van der Waals surface area (Å²) in [5.41, 5.74) is -0.0596. The minimum absolute atomic E-state index is 0.0995. The Bertz CT molecular complexity index is 1820. The first kappa shape index (κ1) is 26.4. The van der Waals surface area contributed by atoms with Gasteiger partial charge in [0.05, 0.1) is 10.9 Å². The maximum Gasteiger partial charge on any atom is 0.319 e. The van der Waals surface area contributed by atoms with Gasteiger partial charge >= 0.3 is 6.01 Å². The van der Waals surface area contributed by atoms with Crippen molar-refractivity contribution < 1.29 is 27.5 Å². The second kappa shape index (κ2) is 10.1. The van der Waals surface area contributed by atoms with E-state index in [4.69, 9.17) is 9.26 Å². The third-order valence-corrected chi connectivity index (χ3v) is 8.34. The SMILES string of the molecule is CCc1c(F)ccc2cc(O)cc(-c3ncc4c(Nc5ccon5)nc(OC[C@@]56CCCN5C[C@H](F)C6)nc4c3F)c12. The average molecular weight is 577 g/mol. The number of benzene rings is 2. The fraction of sp³-hybridized carbons (Fsp3) is 0.333. The van der Waals surface area contributed by atoms with Crippen molar-refractivity contribution in [2.75, 3.05) is 25.0 Å². The van der Waals surface area contributed by atoms with E-state index in [1.165, 1.54) is 36.7 Å². The number of ether oxygens (including phenoxy) is 1. The highest BCUT2D eigenvalue weighted by atomic mass is 19.1. The highest BCUT2D eigenvalue weighted by Gasteiger charge is 2.49. The third kappa shape index (κ3) is 4.37. The van der Waals surface area contributed by atoms with Gasteiger partial charge in [-0.25, -0.2) is 13.2 Å². The van der Waals surface area contributed by atoms with Crippen molar-refractivity contribution in [2.45, 2.75) is 44.3 Å². The normalized spacial score (nSPS) is 20.4. The van der Waals surface area contributed by atoms with E-state index in [-0.39, 0.29) is 46.3 Å². The van der Waals surface area contributed by atoms with Crippen LogP contribution in [0.15, 0.2) is 47.3 Å². The molecule has 0 spiro atoms. The molecule has 5 heterocycles. The van der Waals surface area contributed by atoms with Gasteiger partial charge in [0.2, 0.25) is 0 Å². The standard InChI is InChI=1S/C30H27F3N6O3/c1-2-19-22(32)5-4-16-10-18(40)11-20(24(16)19)26-25(33)27-21(13-34-26)28(35-23-6-9-42-38-23)37-29(36-27)41-15-30-7-3-8-39(30)14-17(31)12-30/h4-6,9-11,13,17,40H,2-3,7-8,12,14-15H2,1H3,(H,35,36,37,38)/t17-,30+/m1/s1. The topological polar surface area (TPSA) is 109 Å². The summed E-state index contributed by atoms with van der Waals surface area (Å²) in [7, 11) is 0. The van der Waals surface area contributed by atoms with Gasteiger partial charge in [0, 0.05) is 30.8 Å². The molecule has 9 nitrogen and oxygen atoms in total. The number of hydrogen-bond acceptors (Lipinski definition) is 9. The molecule has 2 fully saturated rings. The number of halogens is 3. The molecular weight excluding hydrogens is 549 g/mol. The number of phenols is 1. The van der Waals surface area contributed by atoms with Crippen LogP contribution in [0.5, 0.6) is 11.8 Å². The summed E-state index contributed by atoms with van der Waals surface area (Å²) in [6.07, 6.45) is 4.27. The molecule has 2 atom stereocenters. The van der Waals surface area contributed by atoms with Crippen LogP contribution in [0.3, 0.4) is 0 Å². The molecular formula is C30H27F3N6O3. The lowest BCUT2D eigenvalue weighted by atomic mass is 9.94. The first-order chi connectivity index (χ1) is 20.3. The molecule has 0 radical (unpaired) electrons. The van der Waals surface area contributed by atoms with Gasteiger partial charge in [0.25, 0.3) is 0 Å². The molecule has 7 rings (SSSR count). The summed E-state index contributed by atoms with van der Waals surface area (Å²) in [5, 5.41) is 18.6. The number of rotatable bonds is 7. The molecule has 0 bridgehead atoms. The van der Waals surface area contributed by atoms with Crippen LogP contribution < -0.4 is 10.1 Å². The van der Waals surface area contributed by atoms with Gasteiger partial charge in [-0.15, -0.1) is 0 Å². The number of hydrogen-bond donors (Lipinski definition) is 2. The van der Waals surface area contributed by atoms with E-state index in [0.29, 0.717) is 41.5 Å². The average Bonchev–Trinajstić information content (AvgIpc) is 3.69. The zero-order valence-corrected chi connectivity index (χ0v) is 22.7. The quantitative estimate of drug-likeness (QED) is 0.238.